The van der Waals surface area contributed by atoms with Crippen LogP contribution in [0, 0.1) is 5.82 Å². The standard InChI is InChI=1S/C19H24FN3O/c20-18-7-2-1-6-17(18)16-22-11-5-12-23(15-14-22)19(24)8-13-21-9-3-4-10-21/h1-4,6-7,9-10H,5,8,11-16H2. The SMILES string of the molecule is O=C(CCn1cccc1)N1CCCN(Cc2ccccc2F)CC1. The summed E-state index contributed by atoms with van der Waals surface area (Å²) < 4.78 is 15.8. The molecule has 0 N–H and O–H groups in total. The van der Waals surface area contributed by atoms with E-state index in [-0.39, 0.29) is 11.7 Å². The van der Waals surface area contributed by atoms with Gasteiger partial charge in [-0.1, -0.05) is 18.2 Å². The van der Waals surface area contributed by atoms with Crippen LogP contribution in [0.5, 0.6) is 0 Å². The maximum Gasteiger partial charge on any atom is 0.224 e. The second-order valence-corrected chi connectivity index (χ2v) is 6.27. The van der Waals surface area contributed by atoms with Crippen LogP contribution in [-0.4, -0.2) is 46.5 Å². The molecular formula is C19H24FN3O. The fourth-order valence-electron chi connectivity index (χ4n) is 3.15. The predicted octanol–water partition coefficient (Wildman–Crippen LogP) is 2.75. The van der Waals surface area contributed by atoms with Crippen LogP contribution in [0.1, 0.15) is 18.4 Å². The number of carbonyl (C=O) groups excluding carboxylic acids is 1. The molecule has 0 unspecified atom stereocenters. The first-order valence-corrected chi connectivity index (χ1v) is 8.56. The van der Waals surface area contributed by atoms with Crippen molar-refractivity contribution in [2.45, 2.75) is 25.9 Å². The summed E-state index contributed by atoms with van der Waals surface area (Å²) in [6, 6.07) is 10.9. The maximum atomic E-state index is 13.8. The summed E-state index contributed by atoms with van der Waals surface area (Å²) >= 11 is 0. The van der Waals surface area contributed by atoms with Gasteiger partial charge < -0.3 is 9.47 Å². The van der Waals surface area contributed by atoms with E-state index in [0.717, 1.165) is 44.7 Å². The fraction of sp³-hybridized carbons (Fsp3) is 0.421. The van der Waals surface area contributed by atoms with E-state index in [1.54, 1.807) is 6.07 Å². The summed E-state index contributed by atoms with van der Waals surface area (Å²) in [5.41, 5.74) is 0.727. The Hall–Kier alpha value is -2.14. The van der Waals surface area contributed by atoms with Crippen LogP contribution in [0.15, 0.2) is 48.8 Å². The van der Waals surface area contributed by atoms with Crippen LogP contribution in [-0.2, 0) is 17.9 Å². The molecule has 0 saturated carbocycles. The Kier molecular flexibility index (Phi) is 5.64. The monoisotopic (exact) mass is 329 g/mol. The minimum Gasteiger partial charge on any atom is -0.354 e. The van der Waals surface area contributed by atoms with Crippen LogP contribution in [0.3, 0.4) is 0 Å². The van der Waals surface area contributed by atoms with E-state index in [1.807, 2.05) is 46.1 Å². The average molecular weight is 329 g/mol. The molecule has 2 heterocycles. The van der Waals surface area contributed by atoms with E-state index in [1.165, 1.54) is 6.07 Å². The van der Waals surface area contributed by atoms with Crippen molar-refractivity contribution in [2.75, 3.05) is 26.2 Å². The van der Waals surface area contributed by atoms with Crippen LogP contribution < -0.4 is 0 Å². The zero-order chi connectivity index (χ0) is 16.8. The molecule has 128 valence electrons. The first-order chi connectivity index (χ1) is 11.7. The highest BCUT2D eigenvalue weighted by atomic mass is 19.1. The van der Waals surface area contributed by atoms with Crippen molar-refractivity contribution in [3.8, 4) is 0 Å². The molecule has 1 aromatic carbocycles. The molecule has 2 aromatic rings. The third-order valence-electron chi connectivity index (χ3n) is 4.54. The summed E-state index contributed by atoms with van der Waals surface area (Å²) in [5, 5.41) is 0. The van der Waals surface area contributed by atoms with E-state index in [4.69, 9.17) is 0 Å². The Morgan fingerprint density at radius 2 is 1.79 bits per heavy atom. The summed E-state index contributed by atoms with van der Waals surface area (Å²) in [4.78, 5) is 16.6. The molecular weight excluding hydrogens is 305 g/mol. The van der Waals surface area contributed by atoms with Crippen molar-refractivity contribution >= 4 is 5.91 Å². The predicted molar refractivity (Wildman–Crippen MR) is 91.9 cm³/mol. The van der Waals surface area contributed by atoms with Gasteiger partial charge in [-0.3, -0.25) is 9.69 Å². The van der Waals surface area contributed by atoms with Crippen molar-refractivity contribution in [3.05, 3.63) is 60.2 Å². The Labute approximate surface area is 142 Å². The number of amides is 1. The van der Waals surface area contributed by atoms with Gasteiger partial charge in [-0.25, -0.2) is 4.39 Å². The second kappa shape index (κ2) is 8.11. The Balaban J connectivity index is 1.49. The molecule has 0 aliphatic carbocycles. The van der Waals surface area contributed by atoms with Crippen molar-refractivity contribution < 1.29 is 9.18 Å². The first-order valence-electron chi connectivity index (χ1n) is 8.56. The van der Waals surface area contributed by atoms with Gasteiger partial charge in [-0.15, -0.1) is 0 Å². The maximum absolute atomic E-state index is 13.8. The third-order valence-corrected chi connectivity index (χ3v) is 4.54. The zero-order valence-electron chi connectivity index (χ0n) is 13.9. The molecule has 1 saturated heterocycles. The molecule has 1 fully saturated rings. The molecule has 0 atom stereocenters. The van der Waals surface area contributed by atoms with Crippen LogP contribution in [0.4, 0.5) is 4.39 Å². The second-order valence-electron chi connectivity index (χ2n) is 6.27. The number of nitrogens with zero attached hydrogens (tertiary/aromatic N) is 3. The molecule has 0 spiro atoms. The van der Waals surface area contributed by atoms with Crippen molar-refractivity contribution in [2.24, 2.45) is 0 Å². The van der Waals surface area contributed by atoms with Crippen molar-refractivity contribution in [1.29, 1.82) is 0 Å². The van der Waals surface area contributed by atoms with Gasteiger partial charge in [0.25, 0.3) is 0 Å². The lowest BCUT2D eigenvalue weighted by Crippen LogP contribution is -2.35. The Morgan fingerprint density at radius 1 is 1.00 bits per heavy atom. The summed E-state index contributed by atoms with van der Waals surface area (Å²) in [6.07, 6.45) is 5.42. The molecule has 5 heteroatoms. The largest absolute Gasteiger partial charge is 0.354 e. The lowest BCUT2D eigenvalue weighted by atomic mass is 10.2. The molecule has 1 aliphatic rings. The lowest BCUT2D eigenvalue weighted by molar-refractivity contribution is -0.131. The molecule has 3 rings (SSSR count). The van der Waals surface area contributed by atoms with Gasteiger partial charge in [0.05, 0.1) is 0 Å². The fourth-order valence-corrected chi connectivity index (χ4v) is 3.15. The highest BCUT2D eigenvalue weighted by molar-refractivity contribution is 5.76. The number of aryl methyl sites for hydroxylation is 1. The van der Waals surface area contributed by atoms with Gasteiger partial charge in [0.2, 0.25) is 5.91 Å². The number of hydrogen-bond acceptors (Lipinski definition) is 2. The van der Waals surface area contributed by atoms with E-state index >= 15 is 0 Å². The topological polar surface area (TPSA) is 28.5 Å². The van der Waals surface area contributed by atoms with Gasteiger partial charge in [-0.05, 0) is 24.6 Å². The van der Waals surface area contributed by atoms with E-state index in [2.05, 4.69) is 4.90 Å². The van der Waals surface area contributed by atoms with Gasteiger partial charge in [0.1, 0.15) is 5.82 Å². The van der Waals surface area contributed by atoms with Crippen molar-refractivity contribution in [3.63, 3.8) is 0 Å². The number of rotatable bonds is 5. The zero-order valence-corrected chi connectivity index (χ0v) is 13.9. The summed E-state index contributed by atoms with van der Waals surface area (Å²) in [6.45, 7) is 4.54. The highest BCUT2D eigenvalue weighted by Crippen LogP contribution is 2.13. The van der Waals surface area contributed by atoms with E-state index in [0.29, 0.717) is 13.0 Å². The average Bonchev–Trinajstić information content (AvgIpc) is 3.00. The first kappa shape index (κ1) is 16.7. The molecule has 0 bridgehead atoms. The van der Waals surface area contributed by atoms with E-state index < -0.39 is 0 Å². The molecule has 1 aliphatic heterocycles. The Morgan fingerprint density at radius 3 is 2.58 bits per heavy atom. The minimum atomic E-state index is -0.151. The summed E-state index contributed by atoms with van der Waals surface area (Å²) in [5.74, 6) is 0.0536. The minimum absolute atomic E-state index is 0.151. The number of hydrogen-bond donors (Lipinski definition) is 0. The van der Waals surface area contributed by atoms with Gasteiger partial charge in [-0.2, -0.15) is 0 Å². The van der Waals surface area contributed by atoms with Crippen LogP contribution >= 0.6 is 0 Å². The Bertz CT molecular complexity index is 656. The van der Waals surface area contributed by atoms with Crippen molar-refractivity contribution in [1.82, 2.24) is 14.4 Å². The van der Waals surface area contributed by atoms with Gasteiger partial charge in [0.15, 0.2) is 0 Å². The third kappa shape index (κ3) is 4.45. The summed E-state index contributed by atoms with van der Waals surface area (Å²) in [7, 11) is 0. The van der Waals surface area contributed by atoms with Crippen LogP contribution in [0.2, 0.25) is 0 Å². The molecule has 1 aromatic heterocycles. The number of aromatic nitrogens is 1. The van der Waals surface area contributed by atoms with Gasteiger partial charge >= 0.3 is 0 Å². The molecule has 0 radical (unpaired) electrons. The number of halogens is 1. The number of carbonyl (C=O) groups is 1. The quantitative estimate of drug-likeness (QED) is 0.844. The molecule has 24 heavy (non-hydrogen) atoms. The van der Waals surface area contributed by atoms with Gasteiger partial charge in [0, 0.05) is 63.6 Å². The normalized spacial score (nSPS) is 16.1. The highest BCUT2D eigenvalue weighted by Gasteiger charge is 2.19. The lowest BCUT2D eigenvalue weighted by Gasteiger charge is -2.22. The molecule has 4 nitrogen and oxygen atoms in total. The smallest absolute Gasteiger partial charge is 0.224 e. The molecule has 1 amide bonds. The van der Waals surface area contributed by atoms with Crippen LogP contribution in [0.25, 0.3) is 0 Å². The van der Waals surface area contributed by atoms with E-state index in [9.17, 15) is 9.18 Å². The number of benzene rings is 1.